The fourth-order valence-corrected chi connectivity index (χ4v) is 4.29. The number of nitrogens with zero attached hydrogens (tertiary/aromatic N) is 2. The molecule has 0 bridgehead atoms. The highest BCUT2D eigenvalue weighted by molar-refractivity contribution is 7.15. The van der Waals surface area contributed by atoms with Crippen LogP contribution < -0.4 is 5.32 Å². The van der Waals surface area contributed by atoms with Gasteiger partial charge in [-0.1, -0.05) is 12.8 Å². The van der Waals surface area contributed by atoms with Crippen LogP contribution in [0.2, 0.25) is 0 Å². The van der Waals surface area contributed by atoms with Crippen molar-refractivity contribution in [2.45, 2.75) is 51.0 Å². The number of fused-ring (bicyclic) bond motifs is 1. The number of hydrogen-bond donors (Lipinski definition) is 1. The standard InChI is InChI=1S/C16H23N3S/c1-2-4-13(10-17-14-5-6-14)12(3-1)9-15-11-19-7-8-20-16(19)18-15/h7-8,11-14,17H,1-6,9-10H2. The number of thiazole rings is 1. The summed E-state index contributed by atoms with van der Waals surface area (Å²) in [5.41, 5.74) is 1.29. The van der Waals surface area contributed by atoms with E-state index in [1.165, 1.54) is 57.2 Å². The van der Waals surface area contributed by atoms with E-state index in [-0.39, 0.29) is 0 Å². The third kappa shape index (κ3) is 2.77. The molecule has 0 spiro atoms. The van der Waals surface area contributed by atoms with E-state index in [0.29, 0.717) is 0 Å². The Bertz CT molecular complexity index is 541. The lowest BCUT2D eigenvalue weighted by molar-refractivity contribution is 0.227. The van der Waals surface area contributed by atoms with E-state index in [4.69, 9.17) is 4.98 Å². The minimum Gasteiger partial charge on any atom is -0.314 e. The van der Waals surface area contributed by atoms with Crippen LogP contribution in [0.25, 0.3) is 4.96 Å². The predicted molar refractivity (Wildman–Crippen MR) is 83.2 cm³/mol. The molecule has 2 atom stereocenters. The van der Waals surface area contributed by atoms with Gasteiger partial charge < -0.3 is 5.32 Å². The number of hydrogen-bond acceptors (Lipinski definition) is 3. The Morgan fingerprint density at radius 3 is 2.85 bits per heavy atom. The number of aromatic nitrogens is 2. The minimum absolute atomic E-state index is 0.833. The van der Waals surface area contributed by atoms with Gasteiger partial charge in [-0.05, 0) is 50.5 Å². The van der Waals surface area contributed by atoms with Crippen molar-refractivity contribution in [2.75, 3.05) is 6.54 Å². The summed E-state index contributed by atoms with van der Waals surface area (Å²) in [6.07, 6.45) is 13.9. The van der Waals surface area contributed by atoms with Crippen LogP contribution in [0.15, 0.2) is 17.8 Å². The molecule has 4 heteroatoms. The maximum Gasteiger partial charge on any atom is 0.193 e. The molecule has 2 aliphatic rings. The van der Waals surface area contributed by atoms with Crippen LogP contribution in [0.4, 0.5) is 0 Å². The third-order valence-corrected chi connectivity index (χ3v) is 5.70. The zero-order valence-corrected chi connectivity index (χ0v) is 12.7. The van der Waals surface area contributed by atoms with Crippen LogP contribution >= 0.6 is 11.3 Å². The van der Waals surface area contributed by atoms with Crippen molar-refractivity contribution in [3.05, 3.63) is 23.5 Å². The van der Waals surface area contributed by atoms with Gasteiger partial charge in [0.1, 0.15) is 0 Å². The summed E-state index contributed by atoms with van der Waals surface area (Å²) < 4.78 is 2.17. The van der Waals surface area contributed by atoms with Gasteiger partial charge in [0.2, 0.25) is 0 Å². The lowest BCUT2D eigenvalue weighted by Crippen LogP contribution is -2.32. The van der Waals surface area contributed by atoms with Crippen molar-refractivity contribution in [1.29, 1.82) is 0 Å². The second kappa shape index (κ2) is 5.49. The summed E-state index contributed by atoms with van der Waals surface area (Å²) in [5.74, 6) is 1.70. The highest BCUT2D eigenvalue weighted by atomic mass is 32.1. The van der Waals surface area contributed by atoms with E-state index in [1.54, 1.807) is 11.3 Å². The molecule has 2 aromatic heterocycles. The minimum atomic E-state index is 0.833. The molecule has 0 aromatic carbocycles. The first kappa shape index (κ1) is 12.8. The normalized spacial score (nSPS) is 27.2. The van der Waals surface area contributed by atoms with Gasteiger partial charge >= 0.3 is 0 Å². The van der Waals surface area contributed by atoms with Gasteiger partial charge in [0.15, 0.2) is 4.96 Å². The molecule has 20 heavy (non-hydrogen) atoms. The monoisotopic (exact) mass is 289 g/mol. The smallest absolute Gasteiger partial charge is 0.193 e. The Kier molecular flexibility index (Phi) is 3.52. The van der Waals surface area contributed by atoms with E-state index >= 15 is 0 Å². The van der Waals surface area contributed by atoms with Crippen molar-refractivity contribution < 1.29 is 0 Å². The molecule has 0 saturated heterocycles. The van der Waals surface area contributed by atoms with E-state index in [2.05, 4.69) is 27.5 Å². The Balaban J connectivity index is 1.42. The molecule has 4 rings (SSSR count). The maximum absolute atomic E-state index is 4.77. The fourth-order valence-electron chi connectivity index (χ4n) is 3.57. The van der Waals surface area contributed by atoms with Gasteiger partial charge in [-0.2, -0.15) is 0 Å². The number of nitrogens with one attached hydrogen (secondary N) is 1. The molecular weight excluding hydrogens is 266 g/mol. The number of imidazole rings is 1. The van der Waals surface area contributed by atoms with Crippen LogP contribution in [0.3, 0.4) is 0 Å². The Hall–Kier alpha value is -0.870. The van der Waals surface area contributed by atoms with Gasteiger partial charge in [-0.15, -0.1) is 11.3 Å². The zero-order valence-electron chi connectivity index (χ0n) is 11.9. The molecule has 2 fully saturated rings. The molecule has 2 saturated carbocycles. The molecule has 2 aromatic rings. The topological polar surface area (TPSA) is 29.3 Å². The first-order valence-electron chi connectivity index (χ1n) is 8.03. The molecule has 108 valence electrons. The summed E-state index contributed by atoms with van der Waals surface area (Å²) in [6.45, 7) is 1.23. The quantitative estimate of drug-likeness (QED) is 0.913. The van der Waals surface area contributed by atoms with E-state index < -0.39 is 0 Å². The molecule has 3 nitrogen and oxygen atoms in total. The Morgan fingerprint density at radius 2 is 2.05 bits per heavy atom. The summed E-state index contributed by atoms with van der Waals surface area (Å²) in [5, 5.41) is 5.85. The maximum atomic E-state index is 4.77. The van der Waals surface area contributed by atoms with E-state index in [1.807, 2.05) is 0 Å². The second-order valence-electron chi connectivity index (χ2n) is 6.52. The number of rotatable bonds is 5. The highest BCUT2D eigenvalue weighted by Gasteiger charge is 2.28. The first-order chi connectivity index (χ1) is 9.88. The second-order valence-corrected chi connectivity index (χ2v) is 7.39. The molecule has 0 amide bonds. The molecule has 2 unspecified atom stereocenters. The van der Waals surface area contributed by atoms with Crippen molar-refractivity contribution in [2.24, 2.45) is 11.8 Å². The third-order valence-electron chi connectivity index (χ3n) is 4.93. The summed E-state index contributed by atoms with van der Waals surface area (Å²) in [7, 11) is 0. The van der Waals surface area contributed by atoms with Crippen molar-refractivity contribution >= 4 is 16.3 Å². The average Bonchev–Trinajstić information content (AvgIpc) is 3.06. The zero-order chi connectivity index (χ0) is 13.4. The van der Waals surface area contributed by atoms with Crippen molar-refractivity contribution in [1.82, 2.24) is 14.7 Å². The van der Waals surface area contributed by atoms with Crippen molar-refractivity contribution in [3.8, 4) is 0 Å². The van der Waals surface area contributed by atoms with E-state index in [9.17, 15) is 0 Å². The van der Waals surface area contributed by atoms with Crippen LogP contribution in [-0.2, 0) is 6.42 Å². The Morgan fingerprint density at radius 1 is 1.20 bits per heavy atom. The van der Waals surface area contributed by atoms with Crippen LogP contribution in [0.5, 0.6) is 0 Å². The Labute approximate surface area is 124 Å². The molecule has 2 heterocycles. The first-order valence-corrected chi connectivity index (χ1v) is 8.91. The molecule has 0 aliphatic heterocycles. The van der Waals surface area contributed by atoms with Crippen LogP contribution in [0, 0.1) is 11.8 Å². The SMILES string of the molecule is c1cn2cc(CC3CCCCC3CNC3CC3)nc2s1. The highest BCUT2D eigenvalue weighted by Crippen LogP contribution is 2.33. The van der Waals surface area contributed by atoms with Gasteiger partial charge in [0.25, 0.3) is 0 Å². The molecule has 0 radical (unpaired) electrons. The molecule has 2 aliphatic carbocycles. The van der Waals surface area contributed by atoms with Gasteiger partial charge in [0, 0.05) is 23.8 Å². The van der Waals surface area contributed by atoms with Gasteiger partial charge in [0.05, 0.1) is 5.69 Å². The summed E-state index contributed by atoms with van der Waals surface area (Å²) >= 11 is 1.73. The lowest BCUT2D eigenvalue weighted by atomic mass is 9.77. The summed E-state index contributed by atoms with van der Waals surface area (Å²) in [4.78, 5) is 5.91. The van der Waals surface area contributed by atoms with Crippen molar-refractivity contribution in [3.63, 3.8) is 0 Å². The van der Waals surface area contributed by atoms with Gasteiger partial charge in [-0.3, -0.25) is 4.40 Å². The van der Waals surface area contributed by atoms with Crippen LogP contribution in [0.1, 0.15) is 44.2 Å². The molecule has 1 N–H and O–H groups in total. The predicted octanol–water partition coefficient (Wildman–Crippen LogP) is 3.50. The lowest BCUT2D eigenvalue weighted by Gasteiger charge is -2.31. The van der Waals surface area contributed by atoms with E-state index in [0.717, 1.165) is 22.8 Å². The average molecular weight is 289 g/mol. The largest absolute Gasteiger partial charge is 0.314 e. The van der Waals surface area contributed by atoms with Crippen LogP contribution in [-0.4, -0.2) is 22.0 Å². The fraction of sp³-hybridized carbons (Fsp3) is 0.688. The molecular formula is C16H23N3S. The van der Waals surface area contributed by atoms with Gasteiger partial charge in [-0.25, -0.2) is 4.98 Å². The summed E-state index contributed by atoms with van der Waals surface area (Å²) in [6, 6.07) is 0.843.